The molecular weight excluding hydrogens is 368 g/mol. The second-order valence-corrected chi connectivity index (χ2v) is 6.25. The van der Waals surface area contributed by atoms with Gasteiger partial charge in [-0.1, -0.05) is 46.3 Å². The Bertz CT molecular complexity index is 920. The zero-order valence-electron chi connectivity index (χ0n) is 12.8. The highest BCUT2D eigenvalue weighted by Gasteiger charge is 2.08. The Labute approximate surface area is 147 Å². The average Bonchev–Trinajstić information content (AvgIpc) is 2.58. The van der Waals surface area contributed by atoms with Crippen LogP contribution in [0.3, 0.4) is 0 Å². The molecule has 0 spiro atoms. The van der Waals surface area contributed by atoms with Crippen LogP contribution in [-0.2, 0) is 6.54 Å². The van der Waals surface area contributed by atoms with Crippen LogP contribution in [0.25, 0.3) is 0 Å². The van der Waals surface area contributed by atoms with Gasteiger partial charge in [-0.3, -0.25) is 9.59 Å². The monoisotopic (exact) mass is 382 g/mol. The van der Waals surface area contributed by atoms with Crippen LogP contribution in [0.2, 0.25) is 0 Å². The van der Waals surface area contributed by atoms with Crippen molar-refractivity contribution < 1.29 is 4.79 Å². The van der Waals surface area contributed by atoms with Crippen molar-refractivity contribution >= 4 is 27.5 Å². The molecule has 24 heavy (non-hydrogen) atoms. The van der Waals surface area contributed by atoms with Gasteiger partial charge in [0.1, 0.15) is 0 Å². The van der Waals surface area contributed by atoms with Gasteiger partial charge in [0.05, 0.1) is 12.1 Å². The van der Waals surface area contributed by atoms with Crippen molar-refractivity contribution in [2.75, 3.05) is 5.32 Å². The van der Waals surface area contributed by atoms with Crippen molar-refractivity contribution in [1.82, 2.24) is 4.57 Å². The maximum Gasteiger partial charge on any atom is 0.257 e. The largest absolute Gasteiger partial charge is 0.322 e. The first-order chi connectivity index (χ1) is 11.6. The van der Waals surface area contributed by atoms with Crippen LogP contribution in [0.1, 0.15) is 15.9 Å². The topological polar surface area (TPSA) is 51.1 Å². The molecule has 1 amide bonds. The Morgan fingerprint density at radius 1 is 1.00 bits per heavy atom. The number of halogens is 1. The summed E-state index contributed by atoms with van der Waals surface area (Å²) in [4.78, 5) is 24.4. The van der Waals surface area contributed by atoms with Gasteiger partial charge >= 0.3 is 0 Å². The molecule has 4 nitrogen and oxygen atoms in total. The molecule has 0 bridgehead atoms. The average molecular weight is 383 g/mol. The number of amides is 1. The van der Waals surface area contributed by atoms with Crippen LogP contribution in [0, 0.1) is 0 Å². The van der Waals surface area contributed by atoms with E-state index in [1.54, 1.807) is 6.20 Å². The van der Waals surface area contributed by atoms with Gasteiger partial charge in [0.2, 0.25) is 0 Å². The highest BCUT2D eigenvalue weighted by atomic mass is 79.9. The van der Waals surface area contributed by atoms with Gasteiger partial charge in [0.15, 0.2) is 0 Å². The fourth-order valence-corrected chi connectivity index (χ4v) is 2.79. The normalized spacial score (nSPS) is 10.4. The lowest BCUT2D eigenvalue weighted by Crippen LogP contribution is -2.22. The number of hydrogen-bond acceptors (Lipinski definition) is 2. The Hall–Kier alpha value is -2.66. The fourth-order valence-electron chi connectivity index (χ4n) is 2.35. The first-order valence-corrected chi connectivity index (χ1v) is 8.22. The molecule has 5 heteroatoms. The van der Waals surface area contributed by atoms with Crippen LogP contribution in [0.5, 0.6) is 0 Å². The van der Waals surface area contributed by atoms with Gasteiger partial charge in [0.25, 0.3) is 11.5 Å². The second kappa shape index (κ2) is 7.27. The molecule has 1 N–H and O–H groups in total. The molecule has 1 heterocycles. The highest BCUT2D eigenvalue weighted by Crippen LogP contribution is 2.13. The molecule has 0 aliphatic rings. The minimum absolute atomic E-state index is 0.147. The highest BCUT2D eigenvalue weighted by molar-refractivity contribution is 9.10. The Morgan fingerprint density at radius 3 is 2.54 bits per heavy atom. The minimum Gasteiger partial charge on any atom is -0.322 e. The Morgan fingerprint density at radius 2 is 1.79 bits per heavy atom. The standard InChI is InChI=1S/C19H15BrN2O2/c20-16-6-4-5-14(11-16)12-22-13-15(9-10-18(22)23)19(24)21-17-7-2-1-3-8-17/h1-11,13H,12H2,(H,21,24). The summed E-state index contributed by atoms with van der Waals surface area (Å²) in [5.74, 6) is -0.246. The molecule has 2 aromatic carbocycles. The summed E-state index contributed by atoms with van der Waals surface area (Å²) >= 11 is 3.42. The van der Waals surface area contributed by atoms with Gasteiger partial charge in [-0.2, -0.15) is 0 Å². The lowest BCUT2D eigenvalue weighted by Gasteiger charge is -2.09. The van der Waals surface area contributed by atoms with Crippen LogP contribution in [0.15, 0.2) is 82.2 Å². The van der Waals surface area contributed by atoms with Crippen molar-refractivity contribution in [1.29, 1.82) is 0 Å². The van der Waals surface area contributed by atoms with Crippen LogP contribution >= 0.6 is 15.9 Å². The van der Waals surface area contributed by atoms with E-state index in [0.717, 1.165) is 10.0 Å². The number of nitrogens with one attached hydrogen (secondary N) is 1. The molecule has 0 saturated carbocycles. The number of pyridine rings is 1. The molecule has 120 valence electrons. The molecule has 0 aliphatic carbocycles. The van der Waals surface area contributed by atoms with E-state index in [4.69, 9.17) is 0 Å². The zero-order chi connectivity index (χ0) is 16.9. The summed E-state index contributed by atoms with van der Waals surface area (Å²) in [5.41, 5.74) is 1.99. The maximum absolute atomic E-state index is 12.4. The fraction of sp³-hybridized carbons (Fsp3) is 0.0526. The number of carbonyl (C=O) groups is 1. The van der Waals surface area contributed by atoms with E-state index in [9.17, 15) is 9.59 Å². The van der Waals surface area contributed by atoms with E-state index in [0.29, 0.717) is 17.8 Å². The number of anilines is 1. The van der Waals surface area contributed by atoms with Crippen LogP contribution in [0.4, 0.5) is 5.69 Å². The van der Waals surface area contributed by atoms with Crippen molar-refractivity contribution in [2.45, 2.75) is 6.54 Å². The Balaban J connectivity index is 1.83. The molecule has 3 aromatic rings. The molecule has 0 fully saturated rings. The number of rotatable bonds is 4. The predicted molar refractivity (Wildman–Crippen MR) is 98.3 cm³/mol. The summed E-state index contributed by atoms with van der Waals surface area (Å²) in [6.07, 6.45) is 1.58. The number of para-hydroxylation sites is 1. The van der Waals surface area contributed by atoms with Crippen molar-refractivity contribution in [3.05, 3.63) is 98.9 Å². The summed E-state index contributed by atoms with van der Waals surface area (Å²) in [6, 6.07) is 19.9. The quantitative estimate of drug-likeness (QED) is 0.743. The minimum atomic E-state index is -0.246. The van der Waals surface area contributed by atoms with Gasteiger partial charge in [0, 0.05) is 22.4 Å². The Kier molecular flexibility index (Phi) is 4.91. The molecule has 0 aliphatic heterocycles. The zero-order valence-corrected chi connectivity index (χ0v) is 14.4. The van der Waals surface area contributed by atoms with Crippen LogP contribution in [-0.4, -0.2) is 10.5 Å². The van der Waals surface area contributed by atoms with Crippen molar-refractivity contribution in [2.24, 2.45) is 0 Å². The maximum atomic E-state index is 12.4. The third kappa shape index (κ3) is 4.00. The van der Waals surface area contributed by atoms with Gasteiger partial charge in [-0.15, -0.1) is 0 Å². The van der Waals surface area contributed by atoms with E-state index in [2.05, 4.69) is 21.2 Å². The first-order valence-electron chi connectivity index (χ1n) is 7.43. The molecular formula is C19H15BrN2O2. The summed E-state index contributed by atoms with van der Waals surface area (Å²) in [7, 11) is 0. The summed E-state index contributed by atoms with van der Waals surface area (Å²) in [6.45, 7) is 0.407. The molecule has 0 saturated heterocycles. The van der Waals surface area contributed by atoms with E-state index in [-0.39, 0.29) is 11.5 Å². The van der Waals surface area contributed by atoms with E-state index < -0.39 is 0 Å². The third-order valence-electron chi connectivity index (χ3n) is 3.52. The van der Waals surface area contributed by atoms with E-state index >= 15 is 0 Å². The number of aromatic nitrogens is 1. The van der Waals surface area contributed by atoms with Crippen molar-refractivity contribution in [3.63, 3.8) is 0 Å². The molecule has 0 atom stereocenters. The second-order valence-electron chi connectivity index (χ2n) is 5.33. The van der Waals surface area contributed by atoms with Gasteiger partial charge < -0.3 is 9.88 Å². The predicted octanol–water partition coefficient (Wildman–Crippen LogP) is 3.91. The summed E-state index contributed by atoms with van der Waals surface area (Å²) in [5, 5.41) is 2.82. The number of hydrogen-bond donors (Lipinski definition) is 1. The van der Waals surface area contributed by atoms with E-state index in [1.807, 2.05) is 54.6 Å². The van der Waals surface area contributed by atoms with Gasteiger partial charge in [-0.05, 0) is 35.9 Å². The summed E-state index contributed by atoms with van der Waals surface area (Å²) < 4.78 is 2.48. The SMILES string of the molecule is O=C(Nc1ccccc1)c1ccc(=O)n(Cc2cccc(Br)c2)c1. The lowest BCUT2D eigenvalue weighted by atomic mass is 10.2. The number of carbonyl (C=O) groups excluding carboxylic acids is 1. The molecule has 3 rings (SSSR count). The number of nitrogens with zero attached hydrogens (tertiary/aromatic N) is 1. The third-order valence-corrected chi connectivity index (χ3v) is 4.01. The van der Waals surface area contributed by atoms with Crippen LogP contribution < -0.4 is 10.9 Å². The molecule has 0 radical (unpaired) electrons. The smallest absolute Gasteiger partial charge is 0.257 e. The van der Waals surface area contributed by atoms with Gasteiger partial charge in [-0.25, -0.2) is 0 Å². The lowest BCUT2D eigenvalue weighted by molar-refractivity contribution is 0.102. The number of benzene rings is 2. The first kappa shape index (κ1) is 16.2. The van der Waals surface area contributed by atoms with E-state index in [1.165, 1.54) is 16.7 Å². The molecule has 1 aromatic heterocycles. The van der Waals surface area contributed by atoms with Crippen molar-refractivity contribution in [3.8, 4) is 0 Å². The molecule has 0 unspecified atom stereocenters.